The summed E-state index contributed by atoms with van der Waals surface area (Å²) in [6, 6.07) is 4.43. The molecule has 0 aromatic carbocycles. The Kier molecular flexibility index (Phi) is 11.2. The van der Waals surface area contributed by atoms with E-state index < -0.39 is 0 Å². The highest BCUT2D eigenvalue weighted by Gasteiger charge is 2.39. The molecular formula is C40H47ClN14O4. The molecule has 6 aromatic heterocycles. The van der Waals surface area contributed by atoms with Gasteiger partial charge in [-0.15, -0.1) is 0 Å². The van der Waals surface area contributed by atoms with Gasteiger partial charge >= 0.3 is 0 Å². The molecule has 0 amide bonds. The third kappa shape index (κ3) is 8.86. The molecule has 0 unspecified atom stereocenters. The van der Waals surface area contributed by atoms with Crippen LogP contribution in [0.15, 0.2) is 62.0 Å². The summed E-state index contributed by atoms with van der Waals surface area (Å²) in [6.07, 6.45) is 19.0. The van der Waals surface area contributed by atoms with Crippen LogP contribution in [0.4, 0.5) is 29.0 Å². The second-order valence-corrected chi connectivity index (χ2v) is 15.2. The number of nitrogens with zero attached hydrogens (tertiary/aromatic N) is 12. The summed E-state index contributed by atoms with van der Waals surface area (Å²) in [5, 5.41) is 3.50. The van der Waals surface area contributed by atoms with Crippen molar-refractivity contribution in [3.05, 3.63) is 78.6 Å². The largest absolute Gasteiger partial charge is 0.493 e. The number of aryl methyl sites for hydroxylation is 2. The molecule has 18 nitrogen and oxygen atoms in total. The fraction of sp³-hybridized carbons (Fsp3) is 0.400. The molecule has 19 heteroatoms. The van der Waals surface area contributed by atoms with Crippen LogP contribution in [0.2, 0.25) is 5.28 Å². The number of imidazole rings is 2. The van der Waals surface area contributed by atoms with Gasteiger partial charge in [0.1, 0.15) is 25.9 Å². The summed E-state index contributed by atoms with van der Waals surface area (Å²) < 4.78 is 25.9. The minimum absolute atomic E-state index is 0.278. The van der Waals surface area contributed by atoms with Crippen molar-refractivity contribution in [2.45, 2.75) is 51.6 Å². The second kappa shape index (κ2) is 16.8. The highest BCUT2D eigenvalue weighted by molar-refractivity contribution is 6.28. The molecule has 6 aromatic rings. The molecule has 0 radical (unpaired) electrons. The fourth-order valence-corrected chi connectivity index (χ4v) is 7.21. The summed E-state index contributed by atoms with van der Waals surface area (Å²) in [4.78, 5) is 38.7. The van der Waals surface area contributed by atoms with Gasteiger partial charge in [-0.25, -0.2) is 29.9 Å². The molecule has 8 heterocycles. The average molecular weight is 823 g/mol. The quantitative estimate of drug-likeness (QED) is 0.179. The molecule has 2 aliphatic heterocycles. The van der Waals surface area contributed by atoms with Crippen LogP contribution in [0.1, 0.15) is 37.1 Å². The van der Waals surface area contributed by atoms with Gasteiger partial charge in [0.15, 0.2) is 46.3 Å². The first-order chi connectivity index (χ1) is 28.6. The number of anilines is 5. The zero-order valence-corrected chi connectivity index (χ0v) is 34.5. The van der Waals surface area contributed by atoms with Gasteiger partial charge in [-0.2, -0.15) is 9.97 Å². The molecule has 4 aliphatic rings. The Labute approximate surface area is 346 Å². The number of methoxy groups -OCH3 is 2. The Morgan fingerprint density at radius 3 is 1.73 bits per heavy atom. The molecule has 308 valence electrons. The van der Waals surface area contributed by atoms with Crippen molar-refractivity contribution < 1.29 is 18.9 Å². The molecule has 2 aliphatic carbocycles. The molecule has 0 saturated heterocycles. The summed E-state index contributed by atoms with van der Waals surface area (Å²) in [7, 11) is 7.33. The predicted molar refractivity (Wildman–Crippen MR) is 223 cm³/mol. The highest BCUT2D eigenvalue weighted by atomic mass is 35.5. The van der Waals surface area contributed by atoms with Crippen molar-refractivity contribution in [1.29, 1.82) is 0 Å². The molecule has 2 saturated carbocycles. The predicted octanol–water partition coefficient (Wildman–Crippen LogP) is 5.63. The number of halogens is 1. The SMILES string of the molecule is CN1c2nc(Cl)ncc2OC[C@@H]1C1CC1.COc1cc(N)cnc1-n1cnc(C)c1.COc1cc(Nc2ncc3c(n2)N(C)[C@@H](C2CC2)CO3)cnc1-n1cnc(C)c1. The van der Waals surface area contributed by atoms with E-state index in [4.69, 9.17) is 36.3 Å². The van der Waals surface area contributed by atoms with Gasteiger partial charge in [-0.05, 0) is 63.0 Å². The molecule has 59 heavy (non-hydrogen) atoms. The normalized spacial score (nSPS) is 17.8. The fourth-order valence-electron chi connectivity index (χ4n) is 7.08. The number of ether oxygens (including phenoxy) is 4. The van der Waals surface area contributed by atoms with Gasteiger partial charge in [0.25, 0.3) is 0 Å². The number of nitrogen functional groups attached to an aromatic ring is 1. The van der Waals surface area contributed by atoms with Crippen LogP contribution in [0.3, 0.4) is 0 Å². The van der Waals surface area contributed by atoms with Crippen molar-refractivity contribution >= 4 is 40.6 Å². The smallest absolute Gasteiger partial charge is 0.229 e. The number of rotatable bonds is 8. The summed E-state index contributed by atoms with van der Waals surface area (Å²) in [6.45, 7) is 5.28. The average Bonchev–Trinajstić information content (AvgIpc) is 4.18. The number of pyridine rings is 2. The Morgan fingerprint density at radius 1 is 0.678 bits per heavy atom. The standard InChI is InChI=1S/C20H23N7O2.C10H12ClN3O.C10H12N4O/c1-12-9-27(11-23-12)18-16(28-3)6-14(7-21-18)24-20-22-8-17-19(25-20)26(2)15(10-29-17)13-4-5-13;1-14-7(6-2-3-6)5-15-8-4-12-10(11)13-9(8)14;1-7-5-14(6-13-7)10-9(15-2)3-8(11)4-12-10/h6-9,11,13,15H,4-5,10H2,1-3H3,(H,22,24,25);4,6-7H,2-3,5H2,1H3;3-6H,11H2,1-2H3/t15-;7-;/m11./s1. The van der Waals surface area contributed by atoms with Crippen LogP contribution < -0.4 is 39.8 Å². The van der Waals surface area contributed by atoms with Gasteiger partial charge in [0.05, 0.1) is 73.9 Å². The van der Waals surface area contributed by atoms with E-state index >= 15 is 0 Å². The molecular weight excluding hydrogens is 776 g/mol. The van der Waals surface area contributed by atoms with Gasteiger partial charge in [-0.3, -0.25) is 9.13 Å². The van der Waals surface area contributed by atoms with Crippen LogP contribution in [0.25, 0.3) is 11.6 Å². The summed E-state index contributed by atoms with van der Waals surface area (Å²) in [5.74, 6) is 7.66. The van der Waals surface area contributed by atoms with Crippen molar-refractivity contribution in [2.75, 3.05) is 62.4 Å². The van der Waals surface area contributed by atoms with E-state index in [0.717, 1.165) is 52.7 Å². The lowest BCUT2D eigenvalue weighted by atomic mass is 10.1. The molecule has 0 bridgehead atoms. The maximum absolute atomic E-state index is 5.88. The number of fused-ring (bicyclic) bond motifs is 2. The summed E-state index contributed by atoms with van der Waals surface area (Å²) in [5.41, 5.74) is 8.77. The first-order valence-corrected chi connectivity index (χ1v) is 19.7. The monoisotopic (exact) mass is 822 g/mol. The molecule has 2 atom stereocenters. The van der Waals surface area contributed by atoms with E-state index in [0.29, 0.717) is 59.4 Å². The molecule has 3 N–H and O–H groups in total. The van der Waals surface area contributed by atoms with E-state index in [1.165, 1.54) is 25.7 Å². The van der Waals surface area contributed by atoms with Crippen LogP contribution in [0.5, 0.6) is 23.0 Å². The molecule has 2 fully saturated rings. The zero-order valence-electron chi connectivity index (χ0n) is 33.8. The van der Waals surface area contributed by atoms with E-state index in [2.05, 4.69) is 62.0 Å². The van der Waals surface area contributed by atoms with E-state index in [-0.39, 0.29) is 5.28 Å². The van der Waals surface area contributed by atoms with Crippen LogP contribution in [0, 0.1) is 25.7 Å². The Bertz CT molecular complexity index is 2420. The maximum Gasteiger partial charge on any atom is 0.229 e. The maximum atomic E-state index is 5.88. The van der Waals surface area contributed by atoms with Crippen molar-refractivity contribution in [1.82, 2.24) is 49.0 Å². The van der Waals surface area contributed by atoms with Gasteiger partial charge in [0, 0.05) is 38.6 Å². The number of nitrogens with one attached hydrogen (secondary N) is 1. The van der Waals surface area contributed by atoms with E-state index in [1.54, 1.807) is 62.3 Å². The topological polar surface area (TPSA) is 194 Å². The minimum atomic E-state index is 0.278. The van der Waals surface area contributed by atoms with Crippen molar-refractivity contribution in [3.8, 4) is 34.6 Å². The number of aromatic nitrogens is 10. The molecule has 0 spiro atoms. The number of nitrogens with two attached hydrogens (primary N) is 1. The first-order valence-electron chi connectivity index (χ1n) is 19.3. The van der Waals surface area contributed by atoms with Crippen molar-refractivity contribution in [2.24, 2.45) is 11.8 Å². The minimum Gasteiger partial charge on any atom is -0.493 e. The Hall–Kier alpha value is -6.43. The Morgan fingerprint density at radius 2 is 1.20 bits per heavy atom. The van der Waals surface area contributed by atoms with Gasteiger partial charge in [0.2, 0.25) is 11.2 Å². The number of hydrogen-bond donors (Lipinski definition) is 2. The van der Waals surface area contributed by atoms with Gasteiger partial charge < -0.3 is 39.8 Å². The second-order valence-electron chi connectivity index (χ2n) is 14.9. The lowest BCUT2D eigenvalue weighted by molar-refractivity contribution is 0.250. The Balaban J connectivity index is 0.000000136. The highest BCUT2D eigenvalue weighted by Crippen LogP contribution is 2.42. The summed E-state index contributed by atoms with van der Waals surface area (Å²) >= 11 is 5.78. The van der Waals surface area contributed by atoms with E-state index in [9.17, 15) is 0 Å². The number of likely N-dealkylation sites (N-methyl/N-ethyl adjacent to an activating group) is 2. The molecule has 10 rings (SSSR count). The third-order valence-corrected chi connectivity index (χ3v) is 10.7. The lowest BCUT2D eigenvalue weighted by Crippen LogP contribution is -2.42. The first kappa shape index (κ1) is 39.4. The lowest BCUT2D eigenvalue weighted by Gasteiger charge is -2.34. The van der Waals surface area contributed by atoms with Gasteiger partial charge in [-0.1, -0.05) is 0 Å². The van der Waals surface area contributed by atoms with Crippen LogP contribution in [-0.2, 0) is 0 Å². The van der Waals surface area contributed by atoms with Crippen molar-refractivity contribution in [3.63, 3.8) is 0 Å². The van der Waals surface area contributed by atoms with Crippen LogP contribution in [-0.4, -0.2) is 103 Å². The zero-order chi connectivity index (χ0) is 41.2. The van der Waals surface area contributed by atoms with Crippen LogP contribution >= 0.6 is 11.6 Å². The van der Waals surface area contributed by atoms with E-state index in [1.807, 2.05) is 43.9 Å². The number of hydrogen-bond acceptors (Lipinski definition) is 16. The third-order valence-electron chi connectivity index (χ3n) is 10.6.